The Morgan fingerprint density at radius 1 is 1.12 bits per heavy atom. The van der Waals surface area contributed by atoms with Gasteiger partial charge in [-0.2, -0.15) is 4.72 Å². The summed E-state index contributed by atoms with van der Waals surface area (Å²) >= 11 is 6.01. The molecule has 0 unspecified atom stereocenters. The molecule has 0 amide bonds. The number of ether oxygens (including phenoxy) is 1. The lowest BCUT2D eigenvalue weighted by Gasteiger charge is -2.38. The van der Waals surface area contributed by atoms with Crippen LogP contribution in [0.5, 0.6) is 11.6 Å². The van der Waals surface area contributed by atoms with Gasteiger partial charge in [0.05, 0.1) is 10.5 Å². The van der Waals surface area contributed by atoms with Crippen molar-refractivity contribution >= 4 is 33.2 Å². The number of pyridine rings is 1. The molecule has 0 bridgehead atoms. The smallest absolute Gasteiger partial charge is 0.318 e. The summed E-state index contributed by atoms with van der Waals surface area (Å²) in [4.78, 5) is 17.7. The molecule has 3 N–H and O–H groups in total. The zero-order valence-electron chi connectivity index (χ0n) is 21.7. The molecule has 1 saturated heterocycles. The monoisotopic (exact) mass is 583 g/mol. The molecular formula is C29H30ClN3O6S. The molecule has 2 aliphatic heterocycles. The molecule has 210 valence electrons. The zero-order valence-corrected chi connectivity index (χ0v) is 23.3. The Kier molecular flexibility index (Phi) is 8.25. The number of nitrogens with one attached hydrogen (secondary N) is 1. The third-order valence-corrected chi connectivity index (χ3v) is 9.12. The Bertz CT molecular complexity index is 1530. The minimum atomic E-state index is -4.10. The highest BCUT2D eigenvalue weighted by Crippen LogP contribution is 2.40. The second kappa shape index (κ2) is 11.7. The van der Waals surface area contributed by atoms with Gasteiger partial charge in [-0.1, -0.05) is 35.9 Å². The van der Waals surface area contributed by atoms with Crippen molar-refractivity contribution in [2.75, 3.05) is 26.2 Å². The standard InChI is InChI=1S/C29H30ClN3O6S/c30-22-10-8-21(9-11-22)29(36)12-16-33(17-13-29)15-3-4-20-18-24-25(39-28-23(20)5-2-14-31-28)6-1-7-26(24)40(37,38)32-19-27(34)35/h1-2,4-11,14,32,36H,3,12-13,15-19H2,(H,34,35). The van der Waals surface area contributed by atoms with E-state index in [9.17, 15) is 18.3 Å². The van der Waals surface area contributed by atoms with Crippen LogP contribution in [0.2, 0.25) is 5.02 Å². The van der Waals surface area contributed by atoms with E-state index in [-0.39, 0.29) is 11.3 Å². The van der Waals surface area contributed by atoms with Gasteiger partial charge in [0.15, 0.2) is 0 Å². The van der Waals surface area contributed by atoms with Crippen molar-refractivity contribution in [1.82, 2.24) is 14.6 Å². The minimum absolute atomic E-state index is 0.0255. The number of sulfonamides is 1. The van der Waals surface area contributed by atoms with Crippen LogP contribution in [0.1, 0.15) is 36.0 Å². The van der Waals surface area contributed by atoms with Crippen molar-refractivity contribution in [3.8, 4) is 11.6 Å². The first kappa shape index (κ1) is 28.3. The SMILES string of the molecule is O=C(O)CNS(=O)(=O)c1cccc2c1CC(=CCCN1CCC(O)(c3ccc(Cl)cc3)CC1)c1cccnc1O2. The zero-order chi connectivity index (χ0) is 28.3. The fourth-order valence-corrected chi connectivity index (χ4v) is 6.56. The Balaban J connectivity index is 1.33. The number of likely N-dealkylation sites (tertiary alicyclic amines) is 1. The molecule has 0 saturated carbocycles. The van der Waals surface area contributed by atoms with Crippen LogP contribution < -0.4 is 9.46 Å². The summed E-state index contributed by atoms with van der Waals surface area (Å²) < 4.78 is 34.2. The minimum Gasteiger partial charge on any atom is -0.480 e. The van der Waals surface area contributed by atoms with Crippen LogP contribution in [0.25, 0.3) is 5.57 Å². The number of halogens is 1. The number of aliphatic carboxylic acids is 1. The fourth-order valence-electron chi connectivity index (χ4n) is 5.21. The lowest BCUT2D eigenvalue weighted by Crippen LogP contribution is -2.42. The van der Waals surface area contributed by atoms with Crippen molar-refractivity contribution in [3.05, 3.63) is 88.6 Å². The van der Waals surface area contributed by atoms with Gasteiger partial charge in [0.2, 0.25) is 15.9 Å². The highest BCUT2D eigenvalue weighted by atomic mass is 35.5. The molecule has 0 aliphatic carbocycles. The molecule has 3 aromatic rings. The molecule has 9 nitrogen and oxygen atoms in total. The highest BCUT2D eigenvalue weighted by Gasteiger charge is 2.34. The maximum atomic E-state index is 13.0. The van der Waals surface area contributed by atoms with Crippen molar-refractivity contribution in [1.29, 1.82) is 0 Å². The summed E-state index contributed by atoms with van der Waals surface area (Å²) in [5, 5.41) is 20.8. The van der Waals surface area contributed by atoms with Crippen LogP contribution in [-0.4, -0.2) is 60.7 Å². The summed E-state index contributed by atoms with van der Waals surface area (Å²) in [5.74, 6) is -0.533. The predicted molar refractivity (Wildman–Crippen MR) is 151 cm³/mol. The van der Waals surface area contributed by atoms with Crippen LogP contribution in [0.15, 0.2) is 71.8 Å². The van der Waals surface area contributed by atoms with Gasteiger partial charge in [-0.15, -0.1) is 0 Å². The number of hydrogen-bond acceptors (Lipinski definition) is 7. The summed E-state index contributed by atoms with van der Waals surface area (Å²) in [6.45, 7) is 1.53. The first-order valence-electron chi connectivity index (χ1n) is 13.0. The van der Waals surface area contributed by atoms with E-state index in [1.165, 1.54) is 6.07 Å². The summed E-state index contributed by atoms with van der Waals surface area (Å²) in [6, 6.07) is 15.8. The van der Waals surface area contributed by atoms with Gasteiger partial charge >= 0.3 is 5.97 Å². The second-order valence-corrected chi connectivity index (χ2v) is 12.2. The number of benzene rings is 2. The molecule has 0 atom stereocenters. The normalized spacial score (nSPS) is 17.9. The largest absolute Gasteiger partial charge is 0.480 e. The molecule has 0 radical (unpaired) electrons. The van der Waals surface area contributed by atoms with Crippen molar-refractivity contribution in [3.63, 3.8) is 0 Å². The first-order valence-corrected chi connectivity index (χ1v) is 14.9. The maximum absolute atomic E-state index is 13.0. The van der Waals surface area contributed by atoms with Crippen LogP contribution in [0, 0.1) is 0 Å². The number of fused-ring (bicyclic) bond motifs is 2. The first-order chi connectivity index (χ1) is 19.1. The molecule has 3 heterocycles. The van der Waals surface area contributed by atoms with Crippen LogP contribution in [0.3, 0.4) is 0 Å². The predicted octanol–water partition coefficient (Wildman–Crippen LogP) is 4.20. The average molecular weight is 584 g/mol. The molecule has 11 heteroatoms. The third kappa shape index (κ3) is 6.21. The highest BCUT2D eigenvalue weighted by molar-refractivity contribution is 7.89. The van der Waals surface area contributed by atoms with Crippen molar-refractivity contribution in [2.45, 2.75) is 36.2 Å². The summed E-state index contributed by atoms with van der Waals surface area (Å²) in [5.41, 5.74) is 2.09. The molecule has 1 aromatic heterocycles. The number of carbonyl (C=O) groups is 1. The van der Waals surface area contributed by atoms with E-state index in [0.29, 0.717) is 41.5 Å². The van der Waals surface area contributed by atoms with E-state index in [1.807, 2.05) is 18.2 Å². The van der Waals surface area contributed by atoms with Gasteiger partial charge in [-0.3, -0.25) is 4.79 Å². The molecule has 1 fully saturated rings. The van der Waals surface area contributed by atoms with Crippen LogP contribution in [0.4, 0.5) is 0 Å². The second-order valence-electron chi connectivity index (χ2n) is 9.98. The fraction of sp³-hybridized carbons (Fsp3) is 0.310. The number of rotatable bonds is 8. The lowest BCUT2D eigenvalue weighted by atomic mass is 9.84. The Hall–Kier alpha value is -3.28. The number of carboxylic acid groups (broad SMARTS) is 1. The van der Waals surface area contributed by atoms with Gasteiger partial charge in [0.1, 0.15) is 12.3 Å². The number of carboxylic acids is 1. The molecule has 40 heavy (non-hydrogen) atoms. The number of aromatic nitrogens is 1. The van der Waals surface area contributed by atoms with Gasteiger partial charge in [0.25, 0.3) is 0 Å². The number of aliphatic hydroxyl groups is 1. The topological polar surface area (TPSA) is 129 Å². The third-order valence-electron chi connectivity index (χ3n) is 7.38. The number of hydrogen-bond donors (Lipinski definition) is 3. The van der Waals surface area contributed by atoms with E-state index in [1.54, 1.807) is 36.5 Å². The Morgan fingerprint density at radius 3 is 2.60 bits per heavy atom. The van der Waals surface area contributed by atoms with Crippen molar-refractivity contribution < 1.29 is 28.2 Å². The lowest BCUT2D eigenvalue weighted by molar-refractivity contribution is -0.135. The van der Waals surface area contributed by atoms with E-state index in [2.05, 4.69) is 20.7 Å². The molecular weight excluding hydrogens is 554 g/mol. The van der Waals surface area contributed by atoms with Gasteiger partial charge in [0, 0.05) is 48.4 Å². The van der Waals surface area contributed by atoms with E-state index in [4.69, 9.17) is 21.4 Å². The molecule has 2 aromatic carbocycles. The summed E-state index contributed by atoms with van der Waals surface area (Å²) in [6.07, 6.45) is 5.89. The van der Waals surface area contributed by atoms with Gasteiger partial charge in [-0.05, 0) is 66.8 Å². The van der Waals surface area contributed by atoms with E-state index in [0.717, 1.165) is 36.3 Å². The summed E-state index contributed by atoms with van der Waals surface area (Å²) in [7, 11) is -4.10. The quantitative estimate of drug-likeness (QED) is 0.360. The Morgan fingerprint density at radius 2 is 1.88 bits per heavy atom. The van der Waals surface area contributed by atoms with E-state index < -0.39 is 28.1 Å². The molecule has 2 aliphatic rings. The number of allylic oxidation sites excluding steroid dienone is 1. The molecule has 5 rings (SSSR count). The molecule has 0 spiro atoms. The number of piperidine rings is 1. The Labute approximate surface area is 238 Å². The maximum Gasteiger partial charge on any atom is 0.318 e. The van der Waals surface area contributed by atoms with E-state index >= 15 is 0 Å². The van der Waals surface area contributed by atoms with Crippen LogP contribution in [-0.2, 0) is 26.8 Å². The average Bonchev–Trinajstić information content (AvgIpc) is 3.10. The number of nitrogens with zero attached hydrogens (tertiary/aromatic N) is 2. The van der Waals surface area contributed by atoms with Crippen LogP contribution >= 0.6 is 11.6 Å². The van der Waals surface area contributed by atoms with Gasteiger partial charge < -0.3 is 19.8 Å². The van der Waals surface area contributed by atoms with Crippen molar-refractivity contribution in [2.24, 2.45) is 0 Å². The van der Waals surface area contributed by atoms with Gasteiger partial charge in [-0.25, -0.2) is 13.4 Å².